The van der Waals surface area contributed by atoms with Crippen molar-refractivity contribution in [3.05, 3.63) is 53.9 Å². The first kappa shape index (κ1) is 17.3. The fraction of sp³-hybridized carbons (Fsp3) is 0.368. The molecular weight excluding hydrogens is 346 g/mol. The Morgan fingerprint density at radius 3 is 2.56 bits per heavy atom. The van der Waals surface area contributed by atoms with E-state index in [1.165, 1.54) is 0 Å². The molecule has 1 spiro atoms. The molecule has 2 aromatic rings. The summed E-state index contributed by atoms with van der Waals surface area (Å²) in [6, 6.07) is 8.27. The zero-order chi connectivity index (χ0) is 18.9. The lowest BCUT2D eigenvalue weighted by molar-refractivity contribution is -0.134. The Kier molecular flexibility index (Phi) is 4.39. The summed E-state index contributed by atoms with van der Waals surface area (Å²) >= 11 is 0. The van der Waals surface area contributed by atoms with Crippen LogP contribution in [0.15, 0.2) is 42.7 Å². The number of carbonyl (C=O) groups excluding carboxylic acids is 3. The molecule has 1 saturated heterocycles. The Morgan fingerprint density at radius 2 is 1.89 bits per heavy atom. The first-order valence-electron chi connectivity index (χ1n) is 9.11. The number of hydrogen-bond donors (Lipinski definition) is 2. The van der Waals surface area contributed by atoms with Gasteiger partial charge >= 0.3 is 6.03 Å². The molecule has 0 bridgehead atoms. The van der Waals surface area contributed by atoms with E-state index in [9.17, 15) is 14.4 Å². The van der Waals surface area contributed by atoms with Crippen molar-refractivity contribution in [1.82, 2.24) is 25.5 Å². The Labute approximate surface area is 156 Å². The topological polar surface area (TPSA) is 96.3 Å². The molecule has 0 atom stereocenters. The number of nitrogens with one attached hydrogen (secondary N) is 2. The van der Waals surface area contributed by atoms with Gasteiger partial charge in [0.1, 0.15) is 5.54 Å². The first-order chi connectivity index (χ1) is 13.1. The van der Waals surface area contributed by atoms with Crippen LogP contribution in [0.4, 0.5) is 4.79 Å². The molecule has 8 nitrogen and oxygen atoms in total. The lowest BCUT2D eigenvalue weighted by Crippen LogP contribution is -2.50. The number of imide groups is 1. The van der Waals surface area contributed by atoms with E-state index in [0.29, 0.717) is 24.9 Å². The summed E-state index contributed by atoms with van der Waals surface area (Å²) in [6.45, 7) is 0.602. The van der Waals surface area contributed by atoms with Crippen LogP contribution in [0, 0.1) is 0 Å². The molecule has 4 rings (SSSR count). The van der Waals surface area contributed by atoms with E-state index in [4.69, 9.17) is 0 Å². The van der Waals surface area contributed by atoms with E-state index in [2.05, 4.69) is 15.8 Å². The van der Waals surface area contributed by atoms with E-state index in [0.717, 1.165) is 29.8 Å². The summed E-state index contributed by atoms with van der Waals surface area (Å²) in [4.78, 5) is 37.4. The van der Waals surface area contributed by atoms with Gasteiger partial charge in [-0.2, -0.15) is 10.1 Å². The number of carbonyl (C=O) groups is 3. The third-order valence-corrected chi connectivity index (χ3v) is 5.20. The summed E-state index contributed by atoms with van der Waals surface area (Å²) in [6.07, 6.45) is 7.65. The molecule has 1 aromatic heterocycles. The predicted molar refractivity (Wildman–Crippen MR) is 96.4 cm³/mol. The lowest BCUT2D eigenvalue weighted by Gasteiger charge is -2.30. The van der Waals surface area contributed by atoms with Crippen LogP contribution in [-0.2, 0) is 11.3 Å². The van der Waals surface area contributed by atoms with Crippen molar-refractivity contribution in [2.45, 2.75) is 44.2 Å². The fourth-order valence-corrected chi connectivity index (χ4v) is 3.72. The molecule has 0 unspecified atom stereocenters. The number of amides is 4. The van der Waals surface area contributed by atoms with Crippen molar-refractivity contribution in [1.29, 1.82) is 0 Å². The number of nitrogens with zero attached hydrogens (tertiary/aromatic N) is 3. The van der Waals surface area contributed by atoms with Crippen molar-refractivity contribution in [2.24, 2.45) is 0 Å². The lowest BCUT2D eigenvalue weighted by atomic mass is 9.82. The van der Waals surface area contributed by atoms with Crippen LogP contribution in [0.1, 0.15) is 48.0 Å². The van der Waals surface area contributed by atoms with Crippen LogP contribution in [0.3, 0.4) is 0 Å². The fourth-order valence-electron chi connectivity index (χ4n) is 3.72. The Morgan fingerprint density at radius 1 is 1.15 bits per heavy atom. The average molecular weight is 367 g/mol. The molecule has 0 radical (unpaired) electrons. The molecule has 1 aromatic carbocycles. The van der Waals surface area contributed by atoms with Crippen LogP contribution in [-0.4, -0.2) is 38.2 Å². The third-order valence-electron chi connectivity index (χ3n) is 5.20. The first-order valence-corrected chi connectivity index (χ1v) is 9.11. The molecule has 2 N–H and O–H groups in total. The normalized spacial score (nSPS) is 18.6. The highest BCUT2D eigenvalue weighted by Gasteiger charge is 2.52. The monoisotopic (exact) mass is 367 g/mol. The van der Waals surface area contributed by atoms with Crippen molar-refractivity contribution < 1.29 is 14.4 Å². The van der Waals surface area contributed by atoms with Gasteiger partial charge in [-0.25, -0.2) is 4.79 Å². The van der Waals surface area contributed by atoms with Crippen molar-refractivity contribution in [2.75, 3.05) is 0 Å². The minimum Gasteiger partial charge on any atom is -0.322 e. The van der Waals surface area contributed by atoms with Gasteiger partial charge in [-0.3, -0.25) is 19.7 Å². The van der Waals surface area contributed by atoms with Crippen LogP contribution in [0.25, 0.3) is 0 Å². The molecule has 2 aliphatic rings. The smallest absolute Gasteiger partial charge is 0.322 e. The van der Waals surface area contributed by atoms with Crippen LogP contribution in [0.2, 0.25) is 0 Å². The highest BCUT2D eigenvalue weighted by molar-refractivity contribution is 6.09. The van der Waals surface area contributed by atoms with E-state index in [1.807, 2.05) is 24.4 Å². The number of rotatable bonds is 4. The van der Waals surface area contributed by atoms with Crippen molar-refractivity contribution in [3.8, 4) is 0 Å². The molecule has 1 aliphatic heterocycles. The maximum atomic E-state index is 12.7. The Hall–Kier alpha value is -3.16. The largest absolute Gasteiger partial charge is 0.344 e. The molecule has 2 heterocycles. The zero-order valence-corrected chi connectivity index (χ0v) is 14.9. The second-order valence-corrected chi connectivity index (χ2v) is 7.05. The minimum absolute atomic E-state index is 0.365. The van der Waals surface area contributed by atoms with Gasteiger partial charge in [-0.1, -0.05) is 31.4 Å². The summed E-state index contributed by atoms with van der Waals surface area (Å²) in [5.74, 6) is -0.854. The van der Waals surface area contributed by atoms with Gasteiger partial charge in [-0.05, 0) is 36.6 Å². The van der Waals surface area contributed by atoms with Crippen LogP contribution in [0.5, 0.6) is 0 Å². The molecule has 4 amide bonds. The van der Waals surface area contributed by atoms with Crippen molar-refractivity contribution >= 4 is 17.8 Å². The van der Waals surface area contributed by atoms with Gasteiger partial charge in [0, 0.05) is 18.0 Å². The second kappa shape index (κ2) is 6.86. The highest BCUT2D eigenvalue weighted by Crippen LogP contribution is 2.33. The average Bonchev–Trinajstić information content (AvgIpc) is 3.26. The van der Waals surface area contributed by atoms with E-state index in [-0.39, 0.29) is 5.91 Å². The molecule has 140 valence electrons. The maximum Gasteiger partial charge on any atom is 0.344 e. The van der Waals surface area contributed by atoms with E-state index < -0.39 is 17.5 Å². The third kappa shape index (κ3) is 3.30. The summed E-state index contributed by atoms with van der Waals surface area (Å²) in [5, 5.41) is 7.74. The molecule has 2 fully saturated rings. The highest BCUT2D eigenvalue weighted by atomic mass is 16.2. The second-order valence-electron chi connectivity index (χ2n) is 7.05. The predicted octanol–water partition coefficient (Wildman–Crippen LogP) is 1.83. The van der Waals surface area contributed by atoms with Crippen molar-refractivity contribution in [3.63, 3.8) is 0 Å². The van der Waals surface area contributed by atoms with Gasteiger partial charge in [-0.15, -0.1) is 0 Å². The molecule has 8 heteroatoms. The van der Waals surface area contributed by atoms with Gasteiger partial charge < -0.3 is 5.32 Å². The van der Waals surface area contributed by atoms with Crippen LogP contribution < -0.4 is 10.7 Å². The molecular formula is C19H21N5O3. The van der Waals surface area contributed by atoms with Gasteiger partial charge in [0.25, 0.3) is 11.8 Å². The maximum absolute atomic E-state index is 12.7. The Balaban J connectivity index is 1.42. The summed E-state index contributed by atoms with van der Waals surface area (Å²) < 4.78 is 1.78. The minimum atomic E-state index is -0.851. The molecule has 1 aliphatic carbocycles. The zero-order valence-electron chi connectivity index (χ0n) is 14.9. The summed E-state index contributed by atoms with van der Waals surface area (Å²) in [5.41, 5.74) is 2.97. The quantitative estimate of drug-likeness (QED) is 0.806. The van der Waals surface area contributed by atoms with Gasteiger partial charge in [0.15, 0.2) is 0 Å². The number of hydrogen-bond acceptors (Lipinski definition) is 4. The standard InChI is InChI=1S/C19H21N5O3/c25-16(15-7-5-14(6-8-15)13-23-12-4-11-20-23)22-24-17(26)19(21-18(24)27)9-2-1-3-10-19/h4-8,11-12H,1-3,9-10,13H2,(H,21,27)(H,22,25). The van der Waals surface area contributed by atoms with E-state index >= 15 is 0 Å². The number of urea groups is 1. The van der Waals surface area contributed by atoms with E-state index in [1.54, 1.807) is 23.0 Å². The van der Waals surface area contributed by atoms with Crippen LogP contribution >= 0.6 is 0 Å². The molecule has 1 saturated carbocycles. The molecule has 27 heavy (non-hydrogen) atoms. The Bertz CT molecular complexity index is 854. The van der Waals surface area contributed by atoms with Gasteiger partial charge in [0.05, 0.1) is 6.54 Å². The number of benzene rings is 1. The van der Waals surface area contributed by atoms with Gasteiger partial charge in [0.2, 0.25) is 0 Å². The number of hydrazine groups is 1. The SMILES string of the molecule is O=C(NN1C(=O)NC2(CCCCC2)C1=O)c1ccc(Cn2cccn2)cc1. The number of aromatic nitrogens is 2. The summed E-state index contributed by atoms with van der Waals surface area (Å²) in [7, 11) is 0.